The van der Waals surface area contributed by atoms with Gasteiger partial charge in [0.05, 0.1) is 11.8 Å². The number of nitrogens with one attached hydrogen (secondary N) is 1. The molecule has 7 heteroatoms. The Balaban J connectivity index is 2.33. The van der Waals surface area contributed by atoms with Crippen LogP contribution in [0.3, 0.4) is 0 Å². The number of nitrogens with zero attached hydrogens (tertiary/aromatic N) is 1. The van der Waals surface area contributed by atoms with Crippen molar-refractivity contribution in [2.75, 3.05) is 5.75 Å². The molecule has 0 aromatic heterocycles. The second kappa shape index (κ2) is 5.20. The summed E-state index contributed by atoms with van der Waals surface area (Å²) in [6.07, 6.45) is 1.97. The molecular formula is C13H20N2O4S. The lowest BCUT2D eigenvalue weighted by molar-refractivity contribution is -0.152. The molecule has 0 aromatic rings. The number of hydrogen-bond donors (Lipinski definition) is 1. The van der Waals surface area contributed by atoms with Crippen molar-refractivity contribution in [3.05, 3.63) is 11.5 Å². The molecule has 0 radical (unpaired) electrons. The number of sulfone groups is 1. The Bertz CT molecular complexity index is 553. The summed E-state index contributed by atoms with van der Waals surface area (Å²) in [6, 6.07) is -1.72. The van der Waals surface area contributed by atoms with Crippen LogP contribution < -0.4 is 5.32 Å². The highest BCUT2D eigenvalue weighted by atomic mass is 32.2. The largest absolute Gasteiger partial charge is 0.342 e. The average molecular weight is 300 g/mol. The van der Waals surface area contributed by atoms with E-state index in [-0.39, 0.29) is 23.5 Å². The molecule has 3 atom stereocenters. The van der Waals surface area contributed by atoms with Crippen LogP contribution in [0.2, 0.25) is 0 Å². The van der Waals surface area contributed by atoms with Crippen molar-refractivity contribution < 1.29 is 18.0 Å². The number of amides is 2. The molecule has 0 bridgehead atoms. The Morgan fingerprint density at radius 2 is 2.05 bits per heavy atom. The van der Waals surface area contributed by atoms with Gasteiger partial charge in [0.25, 0.3) is 0 Å². The summed E-state index contributed by atoms with van der Waals surface area (Å²) in [5, 5.41) is 3.87. The second-order valence-electron chi connectivity index (χ2n) is 5.63. The van der Waals surface area contributed by atoms with Gasteiger partial charge < -0.3 is 10.2 Å². The second-order valence-corrected chi connectivity index (χ2v) is 7.56. The van der Waals surface area contributed by atoms with E-state index in [9.17, 15) is 18.0 Å². The zero-order valence-electron chi connectivity index (χ0n) is 11.9. The minimum absolute atomic E-state index is 0.0336. The Labute approximate surface area is 119 Å². The van der Waals surface area contributed by atoms with Crippen LogP contribution in [-0.2, 0) is 19.4 Å². The first kappa shape index (κ1) is 15.0. The standard InChI is InChI=1S/C13H20N2O4S/c1-4-10-12(16)14-11(8(2)3)13(17)15(10)9-5-6-20(18,19)7-9/h5-6,8-11H,4,7H2,1-3H3,(H,14,16). The molecule has 2 aliphatic heterocycles. The molecule has 6 nitrogen and oxygen atoms in total. The van der Waals surface area contributed by atoms with Crippen molar-refractivity contribution in [1.29, 1.82) is 0 Å². The molecule has 2 amide bonds. The lowest BCUT2D eigenvalue weighted by Crippen LogP contribution is -2.66. The van der Waals surface area contributed by atoms with Crippen LogP contribution in [0.4, 0.5) is 0 Å². The van der Waals surface area contributed by atoms with Gasteiger partial charge in [0.1, 0.15) is 12.1 Å². The maximum Gasteiger partial charge on any atom is 0.246 e. The predicted octanol–water partition coefficient (Wildman–Crippen LogP) is 0.0587. The van der Waals surface area contributed by atoms with Crippen molar-refractivity contribution in [3.63, 3.8) is 0 Å². The van der Waals surface area contributed by atoms with Gasteiger partial charge in [-0.15, -0.1) is 0 Å². The zero-order chi connectivity index (χ0) is 15.1. The molecule has 112 valence electrons. The summed E-state index contributed by atoms with van der Waals surface area (Å²) in [6.45, 7) is 5.52. The Morgan fingerprint density at radius 3 is 2.50 bits per heavy atom. The van der Waals surface area contributed by atoms with Gasteiger partial charge in [0.2, 0.25) is 11.8 Å². The van der Waals surface area contributed by atoms with Crippen LogP contribution in [0.15, 0.2) is 11.5 Å². The molecule has 2 heterocycles. The normalized spacial score (nSPS) is 32.8. The molecule has 0 saturated carbocycles. The molecular weight excluding hydrogens is 280 g/mol. The van der Waals surface area contributed by atoms with Crippen molar-refractivity contribution in [2.45, 2.75) is 45.3 Å². The molecule has 0 aliphatic carbocycles. The van der Waals surface area contributed by atoms with Crippen LogP contribution in [0, 0.1) is 5.92 Å². The third kappa shape index (κ3) is 2.59. The Kier molecular flexibility index (Phi) is 3.90. The van der Waals surface area contributed by atoms with Crippen molar-refractivity contribution in [1.82, 2.24) is 10.2 Å². The van der Waals surface area contributed by atoms with E-state index in [1.165, 1.54) is 11.0 Å². The average Bonchev–Trinajstić information content (AvgIpc) is 2.70. The number of piperazine rings is 1. The maximum atomic E-state index is 12.6. The quantitative estimate of drug-likeness (QED) is 0.799. The lowest BCUT2D eigenvalue weighted by atomic mass is 9.95. The highest BCUT2D eigenvalue weighted by Gasteiger charge is 2.45. The fraction of sp³-hybridized carbons (Fsp3) is 0.692. The molecule has 20 heavy (non-hydrogen) atoms. The van der Waals surface area contributed by atoms with E-state index in [1.807, 2.05) is 20.8 Å². The van der Waals surface area contributed by atoms with E-state index < -0.39 is 28.0 Å². The molecule has 3 unspecified atom stereocenters. The van der Waals surface area contributed by atoms with Gasteiger partial charge in [-0.1, -0.05) is 20.8 Å². The molecule has 0 spiro atoms. The monoisotopic (exact) mass is 300 g/mol. The fourth-order valence-electron chi connectivity index (χ4n) is 2.71. The van der Waals surface area contributed by atoms with Crippen LogP contribution in [0.25, 0.3) is 0 Å². The van der Waals surface area contributed by atoms with Crippen molar-refractivity contribution in [3.8, 4) is 0 Å². The minimum atomic E-state index is -3.26. The van der Waals surface area contributed by atoms with Crippen LogP contribution in [-0.4, -0.2) is 49.0 Å². The predicted molar refractivity (Wildman–Crippen MR) is 74.4 cm³/mol. The van der Waals surface area contributed by atoms with E-state index in [2.05, 4.69) is 5.32 Å². The van der Waals surface area contributed by atoms with Gasteiger partial charge in [0, 0.05) is 5.41 Å². The molecule has 1 N–H and O–H groups in total. The minimum Gasteiger partial charge on any atom is -0.342 e. The maximum absolute atomic E-state index is 12.6. The number of hydrogen-bond acceptors (Lipinski definition) is 4. The Morgan fingerprint density at radius 1 is 1.40 bits per heavy atom. The fourth-order valence-corrected chi connectivity index (χ4v) is 3.99. The summed E-state index contributed by atoms with van der Waals surface area (Å²) in [5.41, 5.74) is 0. The molecule has 1 fully saturated rings. The van der Waals surface area contributed by atoms with Gasteiger partial charge in [-0.05, 0) is 18.4 Å². The topological polar surface area (TPSA) is 83.6 Å². The first-order valence-electron chi connectivity index (χ1n) is 6.80. The molecule has 2 aliphatic rings. The summed E-state index contributed by atoms with van der Waals surface area (Å²) in [7, 11) is -3.26. The SMILES string of the molecule is CCC1C(=O)NC(C(C)C)C(=O)N1C1C=CS(=O)(=O)C1. The van der Waals surface area contributed by atoms with Gasteiger partial charge in [-0.3, -0.25) is 9.59 Å². The smallest absolute Gasteiger partial charge is 0.246 e. The van der Waals surface area contributed by atoms with Crippen molar-refractivity contribution in [2.24, 2.45) is 5.92 Å². The molecule has 0 aromatic carbocycles. The number of carbonyl (C=O) groups excluding carboxylic acids is 2. The highest BCUT2D eigenvalue weighted by Crippen LogP contribution is 2.24. The summed E-state index contributed by atoms with van der Waals surface area (Å²) in [4.78, 5) is 26.1. The summed E-state index contributed by atoms with van der Waals surface area (Å²) in [5.74, 6) is -0.566. The molecule has 1 saturated heterocycles. The van der Waals surface area contributed by atoms with Gasteiger partial charge in [-0.25, -0.2) is 8.42 Å². The summed E-state index contributed by atoms with van der Waals surface area (Å²) < 4.78 is 23.1. The van der Waals surface area contributed by atoms with E-state index in [4.69, 9.17) is 0 Å². The van der Waals surface area contributed by atoms with Gasteiger partial charge in [0.15, 0.2) is 9.84 Å². The van der Waals surface area contributed by atoms with E-state index in [0.717, 1.165) is 5.41 Å². The third-order valence-electron chi connectivity index (χ3n) is 3.78. The summed E-state index contributed by atoms with van der Waals surface area (Å²) >= 11 is 0. The van der Waals surface area contributed by atoms with Crippen LogP contribution >= 0.6 is 0 Å². The van der Waals surface area contributed by atoms with Gasteiger partial charge >= 0.3 is 0 Å². The first-order valence-corrected chi connectivity index (χ1v) is 8.52. The number of rotatable bonds is 3. The lowest BCUT2D eigenvalue weighted by Gasteiger charge is -2.42. The van der Waals surface area contributed by atoms with E-state index in [1.54, 1.807) is 0 Å². The van der Waals surface area contributed by atoms with Crippen LogP contribution in [0.5, 0.6) is 0 Å². The first-order chi connectivity index (χ1) is 9.26. The van der Waals surface area contributed by atoms with Gasteiger partial charge in [-0.2, -0.15) is 0 Å². The number of carbonyl (C=O) groups is 2. The molecule has 2 rings (SSSR count). The van der Waals surface area contributed by atoms with Crippen molar-refractivity contribution >= 4 is 21.7 Å². The highest BCUT2D eigenvalue weighted by molar-refractivity contribution is 7.94. The van der Waals surface area contributed by atoms with Crippen LogP contribution in [0.1, 0.15) is 27.2 Å². The zero-order valence-corrected chi connectivity index (χ0v) is 12.7. The Hall–Kier alpha value is -1.37. The third-order valence-corrected chi connectivity index (χ3v) is 5.16. The van der Waals surface area contributed by atoms with E-state index >= 15 is 0 Å². The van der Waals surface area contributed by atoms with E-state index in [0.29, 0.717) is 6.42 Å².